The molecule has 2 aromatic rings. The fraction of sp³-hybridized carbons (Fsp3) is 0.500. The number of benzene rings is 1. The zero-order chi connectivity index (χ0) is 18.5. The Balaban J connectivity index is 1.59. The minimum atomic E-state index is -0.174. The average molecular weight is 358 g/mol. The van der Waals surface area contributed by atoms with Gasteiger partial charge in [-0.1, -0.05) is 23.4 Å². The van der Waals surface area contributed by atoms with Crippen LogP contribution in [0.1, 0.15) is 23.7 Å². The number of carbonyl (C=O) groups is 1. The van der Waals surface area contributed by atoms with Crippen molar-refractivity contribution < 1.29 is 9.53 Å². The molecule has 1 amide bonds. The van der Waals surface area contributed by atoms with Crippen LogP contribution in [0, 0.1) is 0 Å². The molecule has 2 atom stereocenters. The van der Waals surface area contributed by atoms with Crippen LogP contribution in [0.3, 0.4) is 0 Å². The van der Waals surface area contributed by atoms with E-state index in [9.17, 15) is 4.79 Å². The number of rotatable bonds is 7. The normalized spacial score (nSPS) is 19.7. The van der Waals surface area contributed by atoms with Crippen molar-refractivity contribution in [3.63, 3.8) is 0 Å². The highest BCUT2D eigenvalue weighted by atomic mass is 16.5. The fourth-order valence-electron chi connectivity index (χ4n) is 3.12. The molecule has 26 heavy (non-hydrogen) atoms. The lowest BCUT2D eigenvalue weighted by molar-refractivity contribution is -0.122. The molecule has 1 aromatic carbocycles. The monoisotopic (exact) mass is 358 g/mol. The first-order valence-corrected chi connectivity index (χ1v) is 8.78. The average Bonchev–Trinajstić information content (AvgIpc) is 3.29. The minimum Gasteiger partial charge on any atom is -0.487 e. The first kappa shape index (κ1) is 18.3. The predicted octanol–water partition coefficient (Wildman–Crippen LogP) is 0.568. The Morgan fingerprint density at radius 2 is 2.23 bits per heavy atom. The van der Waals surface area contributed by atoms with Gasteiger partial charge >= 0.3 is 0 Å². The zero-order valence-corrected chi connectivity index (χ0v) is 15.5. The zero-order valence-electron chi connectivity index (χ0n) is 15.5. The van der Waals surface area contributed by atoms with E-state index in [-0.39, 0.29) is 18.0 Å². The van der Waals surface area contributed by atoms with Gasteiger partial charge in [0.2, 0.25) is 5.91 Å². The molecule has 0 radical (unpaired) electrons. The molecule has 1 aliphatic rings. The molecule has 2 heterocycles. The molecular formula is C18H26N6O2. The second kappa shape index (κ2) is 8.29. The van der Waals surface area contributed by atoms with Gasteiger partial charge in [0.15, 0.2) is 0 Å². The number of para-hydroxylation sites is 1. The quantitative estimate of drug-likeness (QED) is 0.753. The first-order valence-electron chi connectivity index (χ1n) is 8.78. The van der Waals surface area contributed by atoms with E-state index in [4.69, 9.17) is 4.74 Å². The van der Waals surface area contributed by atoms with E-state index >= 15 is 0 Å². The summed E-state index contributed by atoms with van der Waals surface area (Å²) in [4.78, 5) is 13.8. The van der Waals surface area contributed by atoms with Gasteiger partial charge in [-0.05, 0) is 26.6 Å². The number of aromatic nitrogens is 3. The number of nitrogens with one attached hydrogen (secondary N) is 2. The van der Waals surface area contributed by atoms with Crippen LogP contribution in [0.4, 0.5) is 0 Å². The van der Waals surface area contributed by atoms with Gasteiger partial charge < -0.3 is 20.3 Å². The van der Waals surface area contributed by atoms with Crippen LogP contribution in [0.25, 0.3) is 0 Å². The predicted molar refractivity (Wildman–Crippen MR) is 97.7 cm³/mol. The van der Waals surface area contributed by atoms with Gasteiger partial charge in [-0.3, -0.25) is 4.79 Å². The van der Waals surface area contributed by atoms with Crippen molar-refractivity contribution in [2.45, 2.75) is 31.7 Å². The lowest BCUT2D eigenvalue weighted by Crippen LogP contribution is -2.38. The molecule has 8 heteroatoms. The highest BCUT2D eigenvalue weighted by Gasteiger charge is 2.30. The number of nitrogens with zero attached hydrogens (tertiary/aromatic N) is 4. The number of ether oxygens (including phenoxy) is 1. The summed E-state index contributed by atoms with van der Waals surface area (Å²) in [6, 6.07) is 7.96. The number of likely N-dealkylation sites (N-methyl/N-ethyl adjacent to an activating group) is 1. The summed E-state index contributed by atoms with van der Waals surface area (Å²) in [6.45, 7) is 1.88. The van der Waals surface area contributed by atoms with E-state index in [1.54, 1.807) is 7.05 Å². The van der Waals surface area contributed by atoms with E-state index in [0.717, 1.165) is 23.6 Å². The summed E-state index contributed by atoms with van der Waals surface area (Å²) in [5.74, 6) is 0.867. The third kappa shape index (κ3) is 4.39. The number of hydrogen-bond acceptors (Lipinski definition) is 6. The van der Waals surface area contributed by atoms with Crippen molar-refractivity contribution in [2.24, 2.45) is 0 Å². The van der Waals surface area contributed by atoms with Crippen molar-refractivity contribution >= 4 is 5.91 Å². The number of hydrogen-bond donors (Lipinski definition) is 2. The van der Waals surface area contributed by atoms with Crippen molar-refractivity contribution in [1.29, 1.82) is 0 Å². The Hall–Kier alpha value is -2.45. The van der Waals surface area contributed by atoms with Crippen molar-refractivity contribution in [3.05, 3.63) is 41.7 Å². The molecular weight excluding hydrogens is 332 g/mol. The van der Waals surface area contributed by atoms with Crippen LogP contribution < -0.4 is 15.4 Å². The Kier molecular flexibility index (Phi) is 5.85. The Bertz CT molecular complexity index is 745. The van der Waals surface area contributed by atoms with E-state index in [1.807, 2.05) is 43.2 Å². The van der Waals surface area contributed by atoms with Gasteiger partial charge in [-0.15, -0.1) is 5.10 Å². The lowest BCUT2D eigenvalue weighted by atomic mass is 10.1. The molecule has 3 rings (SSSR count). The topological polar surface area (TPSA) is 84.3 Å². The van der Waals surface area contributed by atoms with Crippen LogP contribution in [0.2, 0.25) is 0 Å². The summed E-state index contributed by atoms with van der Waals surface area (Å²) < 4.78 is 7.77. The summed E-state index contributed by atoms with van der Waals surface area (Å²) in [6.07, 6.45) is 2.60. The van der Waals surface area contributed by atoms with Crippen LogP contribution in [-0.2, 0) is 17.9 Å². The first-order chi connectivity index (χ1) is 12.6. The SMILES string of the molecule is CNC(=O)[C@@H]1C[C@H](n2cc(COc3ccccc3CN(C)C)nn2)CN1. The third-order valence-electron chi connectivity index (χ3n) is 4.44. The minimum absolute atomic E-state index is 0.00803. The summed E-state index contributed by atoms with van der Waals surface area (Å²) in [7, 11) is 5.71. The summed E-state index contributed by atoms with van der Waals surface area (Å²) in [5, 5.41) is 14.3. The molecule has 1 fully saturated rings. The summed E-state index contributed by atoms with van der Waals surface area (Å²) in [5.41, 5.74) is 1.91. The molecule has 0 spiro atoms. The molecule has 0 saturated carbocycles. The molecule has 2 N–H and O–H groups in total. The second-order valence-corrected chi connectivity index (χ2v) is 6.79. The number of carbonyl (C=O) groups excluding carboxylic acids is 1. The van der Waals surface area contributed by atoms with E-state index in [1.165, 1.54) is 0 Å². The third-order valence-corrected chi connectivity index (χ3v) is 4.44. The maximum absolute atomic E-state index is 11.7. The van der Waals surface area contributed by atoms with E-state index in [2.05, 4.69) is 31.9 Å². The standard InChI is InChI=1S/C18H26N6O2/c1-19-18(25)16-8-15(9-20-16)24-11-14(21-22-24)12-26-17-7-5-4-6-13(17)10-23(2)3/h4-7,11,15-16,20H,8-10,12H2,1-3H3,(H,19,25)/t15-,16-/m0/s1. The maximum Gasteiger partial charge on any atom is 0.236 e. The molecule has 0 bridgehead atoms. The lowest BCUT2D eigenvalue weighted by Gasteiger charge is -2.14. The Morgan fingerprint density at radius 1 is 1.42 bits per heavy atom. The van der Waals surface area contributed by atoms with Crippen LogP contribution >= 0.6 is 0 Å². The van der Waals surface area contributed by atoms with Crippen molar-refractivity contribution in [2.75, 3.05) is 27.7 Å². The van der Waals surface area contributed by atoms with Crippen molar-refractivity contribution in [1.82, 2.24) is 30.5 Å². The highest BCUT2D eigenvalue weighted by Crippen LogP contribution is 2.21. The maximum atomic E-state index is 11.7. The molecule has 1 aromatic heterocycles. The van der Waals surface area contributed by atoms with E-state index < -0.39 is 0 Å². The Morgan fingerprint density at radius 3 is 3.00 bits per heavy atom. The van der Waals surface area contributed by atoms with Crippen molar-refractivity contribution in [3.8, 4) is 5.75 Å². The second-order valence-electron chi connectivity index (χ2n) is 6.79. The molecule has 1 saturated heterocycles. The molecule has 1 aliphatic heterocycles. The largest absolute Gasteiger partial charge is 0.487 e. The highest BCUT2D eigenvalue weighted by molar-refractivity contribution is 5.81. The fourth-order valence-corrected chi connectivity index (χ4v) is 3.12. The molecule has 0 unspecified atom stereocenters. The summed E-state index contributed by atoms with van der Waals surface area (Å²) >= 11 is 0. The van der Waals surface area contributed by atoms with Crippen LogP contribution in [0.5, 0.6) is 5.75 Å². The van der Waals surface area contributed by atoms with Crippen LogP contribution in [0.15, 0.2) is 30.5 Å². The smallest absolute Gasteiger partial charge is 0.236 e. The van der Waals surface area contributed by atoms with Gasteiger partial charge in [0.05, 0.1) is 18.3 Å². The number of amides is 1. The molecule has 0 aliphatic carbocycles. The van der Waals surface area contributed by atoms with Gasteiger partial charge in [0.25, 0.3) is 0 Å². The Labute approximate surface area is 153 Å². The van der Waals surface area contributed by atoms with Gasteiger partial charge in [0, 0.05) is 25.7 Å². The molecule has 140 valence electrons. The molecule has 8 nitrogen and oxygen atoms in total. The van der Waals surface area contributed by atoms with Crippen LogP contribution in [-0.4, -0.2) is 59.5 Å². The van der Waals surface area contributed by atoms with Gasteiger partial charge in [0.1, 0.15) is 18.1 Å². The van der Waals surface area contributed by atoms with Gasteiger partial charge in [-0.2, -0.15) is 0 Å². The van der Waals surface area contributed by atoms with Gasteiger partial charge in [-0.25, -0.2) is 4.68 Å². The van der Waals surface area contributed by atoms with E-state index in [0.29, 0.717) is 19.6 Å².